The van der Waals surface area contributed by atoms with Crippen molar-refractivity contribution in [3.8, 4) is 0 Å². The van der Waals surface area contributed by atoms with E-state index in [9.17, 15) is 4.79 Å². The van der Waals surface area contributed by atoms with Crippen LogP contribution in [0.5, 0.6) is 0 Å². The van der Waals surface area contributed by atoms with Crippen LogP contribution in [-0.4, -0.2) is 21.8 Å². The molecule has 4 nitrogen and oxygen atoms in total. The molecule has 1 amide bonds. The molecule has 1 aromatic carbocycles. The molecule has 120 valence electrons. The third-order valence-corrected chi connectivity index (χ3v) is 4.43. The van der Waals surface area contributed by atoms with Crippen LogP contribution < -0.4 is 5.32 Å². The molecule has 4 rings (SSSR count). The number of nitrogens with one attached hydrogen (secondary N) is 1. The van der Waals surface area contributed by atoms with E-state index in [0.29, 0.717) is 12.6 Å². The Morgan fingerprint density at radius 1 is 1.13 bits per heavy atom. The van der Waals surface area contributed by atoms with E-state index < -0.39 is 0 Å². The Hall–Kier alpha value is -1.91. The molecule has 0 spiro atoms. The van der Waals surface area contributed by atoms with Gasteiger partial charge in [-0.1, -0.05) is 6.07 Å². The van der Waals surface area contributed by atoms with Crippen LogP contribution in [0.2, 0.25) is 0 Å². The summed E-state index contributed by atoms with van der Waals surface area (Å²) >= 11 is 0. The number of fused-ring (bicyclic) bond motifs is 1. The molecule has 0 bridgehead atoms. The summed E-state index contributed by atoms with van der Waals surface area (Å²) in [6, 6.07) is 10.5. The zero-order chi connectivity index (χ0) is 14.9. The van der Waals surface area contributed by atoms with Gasteiger partial charge in [-0.3, -0.25) is 9.78 Å². The van der Waals surface area contributed by atoms with Crippen molar-refractivity contribution in [3.05, 3.63) is 65.0 Å². The number of carbonyl (C=O) groups excluding carboxylic acids is 1. The number of benzene rings is 1. The van der Waals surface area contributed by atoms with Gasteiger partial charge in [-0.2, -0.15) is 0 Å². The number of pyridine rings is 1. The third-order valence-electron chi connectivity index (χ3n) is 4.43. The molecule has 1 fully saturated rings. The molecular weight excluding hydrogens is 310 g/mol. The van der Waals surface area contributed by atoms with Gasteiger partial charge < -0.3 is 10.2 Å². The monoisotopic (exact) mass is 329 g/mol. The Balaban J connectivity index is 0.00000156. The van der Waals surface area contributed by atoms with Gasteiger partial charge in [0.25, 0.3) is 5.91 Å². The predicted molar refractivity (Wildman–Crippen MR) is 91.4 cm³/mol. The van der Waals surface area contributed by atoms with Gasteiger partial charge in [0.05, 0.1) is 0 Å². The van der Waals surface area contributed by atoms with Crippen molar-refractivity contribution >= 4 is 18.3 Å². The second kappa shape index (κ2) is 6.69. The van der Waals surface area contributed by atoms with Gasteiger partial charge in [0.15, 0.2) is 0 Å². The van der Waals surface area contributed by atoms with Crippen molar-refractivity contribution in [3.63, 3.8) is 0 Å². The van der Waals surface area contributed by atoms with E-state index in [4.69, 9.17) is 0 Å². The summed E-state index contributed by atoms with van der Waals surface area (Å²) in [7, 11) is 0. The lowest BCUT2D eigenvalue weighted by molar-refractivity contribution is 0.0730. The lowest BCUT2D eigenvalue weighted by Gasteiger charge is -2.23. The maximum Gasteiger partial charge on any atom is 0.254 e. The summed E-state index contributed by atoms with van der Waals surface area (Å²) < 4.78 is 0. The molecule has 0 atom stereocenters. The highest BCUT2D eigenvalue weighted by Gasteiger charge is 2.33. The van der Waals surface area contributed by atoms with E-state index in [1.54, 1.807) is 12.4 Å². The van der Waals surface area contributed by atoms with E-state index >= 15 is 0 Å². The Morgan fingerprint density at radius 2 is 1.87 bits per heavy atom. The molecule has 1 aliphatic heterocycles. The average molecular weight is 330 g/mol. The highest BCUT2D eigenvalue weighted by atomic mass is 35.5. The van der Waals surface area contributed by atoms with Gasteiger partial charge >= 0.3 is 0 Å². The first-order valence-electron chi connectivity index (χ1n) is 7.83. The summed E-state index contributed by atoms with van der Waals surface area (Å²) in [5.74, 6) is 0.147. The first-order valence-corrected chi connectivity index (χ1v) is 7.83. The summed E-state index contributed by atoms with van der Waals surface area (Å²) in [5.41, 5.74) is 4.51. The van der Waals surface area contributed by atoms with E-state index in [0.717, 1.165) is 37.1 Å². The van der Waals surface area contributed by atoms with E-state index in [-0.39, 0.29) is 18.3 Å². The van der Waals surface area contributed by atoms with Crippen LogP contribution in [0.25, 0.3) is 0 Å². The van der Waals surface area contributed by atoms with Gasteiger partial charge in [-0.05, 0) is 53.8 Å². The van der Waals surface area contributed by atoms with Crippen molar-refractivity contribution < 1.29 is 4.79 Å². The first-order chi connectivity index (χ1) is 10.8. The van der Waals surface area contributed by atoms with Crippen molar-refractivity contribution in [2.45, 2.75) is 38.5 Å². The molecule has 0 saturated heterocycles. The molecule has 5 heteroatoms. The average Bonchev–Trinajstić information content (AvgIpc) is 3.29. The number of nitrogens with zero attached hydrogens (tertiary/aromatic N) is 2. The molecule has 1 aliphatic carbocycles. The summed E-state index contributed by atoms with van der Waals surface area (Å²) in [4.78, 5) is 19.0. The molecule has 1 N–H and O–H groups in total. The predicted octanol–water partition coefficient (Wildman–Crippen LogP) is 2.91. The zero-order valence-electron chi connectivity index (χ0n) is 12.9. The maximum atomic E-state index is 12.9. The molecule has 0 radical (unpaired) electrons. The Kier molecular flexibility index (Phi) is 4.64. The van der Waals surface area contributed by atoms with E-state index in [1.165, 1.54) is 11.1 Å². The summed E-state index contributed by atoms with van der Waals surface area (Å²) in [6.07, 6.45) is 5.80. The Labute approximate surface area is 142 Å². The number of rotatable bonds is 4. The summed E-state index contributed by atoms with van der Waals surface area (Å²) in [5, 5.41) is 3.33. The number of carbonyl (C=O) groups is 1. The molecule has 0 unspecified atom stereocenters. The molecule has 23 heavy (non-hydrogen) atoms. The number of hydrogen-bond donors (Lipinski definition) is 1. The van der Waals surface area contributed by atoms with Crippen LogP contribution in [0.1, 0.15) is 39.9 Å². The second-order valence-electron chi connectivity index (χ2n) is 6.11. The number of halogens is 1. The maximum absolute atomic E-state index is 12.9. The lowest BCUT2D eigenvalue weighted by atomic mass is 10.1. The Morgan fingerprint density at radius 3 is 2.61 bits per heavy atom. The van der Waals surface area contributed by atoms with Crippen LogP contribution in [0.4, 0.5) is 0 Å². The van der Waals surface area contributed by atoms with E-state index in [2.05, 4.69) is 22.4 Å². The smallest absolute Gasteiger partial charge is 0.254 e. The SMILES string of the molecule is Cl.O=C(c1ccc2c(c1)CNC2)N(Cc1ccncc1)C1CC1. The number of aromatic nitrogens is 1. The molecule has 1 saturated carbocycles. The number of hydrogen-bond acceptors (Lipinski definition) is 3. The topological polar surface area (TPSA) is 45.2 Å². The Bertz CT molecular complexity index is 701. The minimum Gasteiger partial charge on any atom is -0.331 e. The quantitative estimate of drug-likeness (QED) is 0.938. The third kappa shape index (κ3) is 3.38. The fourth-order valence-corrected chi connectivity index (χ4v) is 3.03. The van der Waals surface area contributed by atoms with Crippen molar-refractivity contribution in [1.82, 2.24) is 15.2 Å². The van der Waals surface area contributed by atoms with Crippen LogP contribution in [0.3, 0.4) is 0 Å². The van der Waals surface area contributed by atoms with Crippen LogP contribution in [0, 0.1) is 0 Å². The van der Waals surface area contributed by atoms with Gasteiger partial charge in [-0.25, -0.2) is 0 Å². The zero-order valence-corrected chi connectivity index (χ0v) is 13.7. The van der Waals surface area contributed by atoms with Gasteiger partial charge in [0, 0.05) is 43.6 Å². The van der Waals surface area contributed by atoms with Crippen LogP contribution in [-0.2, 0) is 19.6 Å². The minimum atomic E-state index is 0. The van der Waals surface area contributed by atoms with Crippen molar-refractivity contribution in [2.24, 2.45) is 0 Å². The molecule has 1 aromatic heterocycles. The fourth-order valence-electron chi connectivity index (χ4n) is 3.03. The van der Waals surface area contributed by atoms with Crippen LogP contribution >= 0.6 is 12.4 Å². The van der Waals surface area contributed by atoms with Crippen molar-refractivity contribution in [1.29, 1.82) is 0 Å². The summed E-state index contributed by atoms with van der Waals surface area (Å²) in [6.45, 7) is 2.44. The molecule has 2 aliphatic rings. The normalized spacial score (nSPS) is 15.7. The molecular formula is C18H20ClN3O. The first kappa shape index (κ1) is 16.0. The highest BCUT2D eigenvalue weighted by Crippen LogP contribution is 2.30. The van der Waals surface area contributed by atoms with E-state index in [1.807, 2.05) is 23.1 Å². The number of amides is 1. The van der Waals surface area contributed by atoms with Crippen molar-refractivity contribution in [2.75, 3.05) is 0 Å². The standard InChI is InChI=1S/C18H19N3O.ClH/c22-18(14-1-2-15-10-20-11-16(15)9-14)21(17-3-4-17)12-13-5-7-19-8-6-13;/h1-2,5-9,17,20H,3-4,10-12H2;1H. The highest BCUT2D eigenvalue weighted by molar-refractivity contribution is 5.95. The van der Waals surface area contributed by atoms with Gasteiger partial charge in [0.1, 0.15) is 0 Å². The lowest BCUT2D eigenvalue weighted by Crippen LogP contribution is -2.32. The van der Waals surface area contributed by atoms with Gasteiger partial charge in [-0.15, -0.1) is 12.4 Å². The van der Waals surface area contributed by atoms with Crippen LogP contribution in [0.15, 0.2) is 42.7 Å². The van der Waals surface area contributed by atoms with Gasteiger partial charge in [0.2, 0.25) is 0 Å². The largest absolute Gasteiger partial charge is 0.331 e. The molecule has 2 heterocycles. The minimum absolute atomic E-state index is 0. The second-order valence-corrected chi connectivity index (χ2v) is 6.11. The fraction of sp³-hybridized carbons (Fsp3) is 0.333. The molecule has 2 aromatic rings.